The fourth-order valence-electron chi connectivity index (χ4n) is 2.14. The molecule has 0 saturated carbocycles. The van der Waals surface area contributed by atoms with Crippen molar-refractivity contribution in [2.45, 2.75) is 19.8 Å². The molecule has 0 unspecified atom stereocenters. The highest BCUT2D eigenvalue weighted by Crippen LogP contribution is 2.21. The van der Waals surface area contributed by atoms with E-state index in [1.54, 1.807) is 29.2 Å². The minimum Gasteiger partial charge on any atom is -0.290 e. The van der Waals surface area contributed by atoms with Gasteiger partial charge in [-0.15, -0.1) is 0 Å². The molecule has 0 fully saturated rings. The van der Waals surface area contributed by atoms with E-state index in [0.717, 1.165) is 11.1 Å². The Morgan fingerprint density at radius 3 is 2.79 bits per heavy atom. The summed E-state index contributed by atoms with van der Waals surface area (Å²) >= 11 is 0. The highest BCUT2D eigenvalue weighted by atomic mass is 16.1. The molecule has 0 bridgehead atoms. The molecule has 1 aromatic carbocycles. The Kier molecular flexibility index (Phi) is 2.67. The molecule has 0 spiro atoms. The molecule has 0 amide bonds. The topological polar surface area (TPSA) is 63.6 Å². The molecule has 0 radical (unpaired) electrons. The smallest absolute Gasteiger partial charge is 0.260 e. The summed E-state index contributed by atoms with van der Waals surface area (Å²) in [4.78, 5) is 19.4. The van der Waals surface area contributed by atoms with Gasteiger partial charge in [0, 0.05) is 12.4 Å². The molecule has 5 nitrogen and oxygen atoms in total. The molecule has 0 aliphatic rings. The van der Waals surface area contributed by atoms with E-state index in [2.05, 4.69) is 28.9 Å². The molecule has 0 aliphatic heterocycles. The van der Waals surface area contributed by atoms with E-state index in [4.69, 9.17) is 0 Å². The Hall–Kier alpha value is -2.43. The van der Waals surface area contributed by atoms with Crippen LogP contribution in [-0.4, -0.2) is 19.7 Å². The average Bonchev–Trinajstić information content (AvgIpc) is 2.91. The van der Waals surface area contributed by atoms with Gasteiger partial charge in [-0.1, -0.05) is 26.0 Å². The van der Waals surface area contributed by atoms with E-state index < -0.39 is 0 Å². The van der Waals surface area contributed by atoms with Crippen LogP contribution in [0.4, 0.5) is 0 Å². The van der Waals surface area contributed by atoms with Gasteiger partial charge >= 0.3 is 0 Å². The fraction of sp³-hybridized carbons (Fsp3) is 0.214. The number of hydrogen-bond acceptors (Lipinski definition) is 3. The van der Waals surface area contributed by atoms with Crippen LogP contribution in [0.3, 0.4) is 0 Å². The van der Waals surface area contributed by atoms with Crippen LogP contribution in [0.1, 0.15) is 25.3 Å². The first-order valence-electron chi connectivity index (χ1n) is 6.20. The fourth-order valence-corrected chi connectivity index (χ4v) is 2.14. The van der Waals surface area contributed by atoms with Gasteiger partial charge in [-0.25, -0.2) is 9.67 Å². The summed E-state index contributed by atoms with van der Waals surface area (Å²) in [6, 6.07) is 7.48. The molecular formula is C14H14N4O. The van der Waals surface area contributed by atoms with Crippen molar-refractivity contribution in [2.75, 3.05) is 0 Å². The Balaban J connectivity index is 2.35. The lowest BCUT2D eigenvalue weighted by molar-refractivity contribution is 0.805. The van der Waals surface area contributed by atoms with Crippen LogP contribution in [0.15, 0.2) is 41.5 Å². The number of fused-ring (bicyclic) bond motifs is 1. The zero-order chi connectivity index (χ0) is 13.4. The number of rotatable bonds is 2. The van der Waals surface area contributed by atoms with Crippen molar-refractivity contribution in [3.05, 3.63) is 52.6 Å². The van der Waals surface area contributed by atoms with Crippen molar-refractivity contribution in [2.24, 2.45) is 0 Å². The van der Waals surface area contributed by atoms with Crippen molar-refractivity contribution in [1.82, 2.24) is 19.7 Å². The number of nitrogens with zero attached hydrogens (tertiary/aromatic N) is 3. The van der Waals surface area contributed by atoms with Crippen molar-refractivity contribution in [3.8, 4) is 5.95 Å². The van der Waals surface area contributed by atoms with Gasteiger partial charge in [0.25, 0.3) is 5.56 Å². The van der Waals surface area contributed by atoms with Gasteiger partial charge in [-0.2, -0.15) is 5.10 Å². The molecule has 3 rings (SSSR count). The third kappa shape index (κ3) is 1.93. The summed E-state index contributed by atoms with van der Waals surface area (Å²) in [6.07, 6.45) is 3.40. The maximum Gasteiger partial charge on any atom is 0.260 e. The number of aromatic nitrogens is 4. The van der Waals surface area contributed by atoms with Gasteiger partial charge in [0.2, 0.25) is 5.95 Å². The van der Waals surface area contributed by atoms with E-state index in [1.807, 2.05) is 12.1 Å². The first-order valence-corrected chi connectivity index (χ1v) is 6.20. The molecule has 0 atom stereocenters. The van der Waals surface area contributed by atoms with Gasteiger partial charge in [0.05, 0.1) is 10.9 Å². The quantitative estimate of drug-likeness (QED) is 0.762. The van der Waals surface area contributed by atoms with Crippen LogP contribution >= 0.6 is 0 Å². The number of nitrogens with one attached hydrogen (secondary N) is 1. The first-order chi connectivity index (χ1) is 9.16. The van der Waals surface area contributed by atoms with Crippen LogP contribution < -0.4 is 5.56 Å². The highest BCUT2D eigenvalue weighted by molar-refractivity contribution is 5.81. The standard InChI is InChI=1S/C14H14N4O/c1-9(2)10-5-3-6-11-12(10)16-14(17-13(11)19)18-8-4-7-15-18/h3-9H,1-2H3,(H,16,17,19). The average molecular weight is 254 g/mol. The number of benzene rings is 1. The molecule has 0 saturated heterocycles. The lowest BCUT2D eigenvalue weighted by atomic mass is 10.0. The third-order valence-corrected chi connectivity index (χ3v) is 3.10. The maximum absolute atomic E-state index is 12.1. The number of aromatic amines is 1. The second-order valence-corrected chi connectivity index (χ2v) is 4.74. The molecule has 1 N–H and O–H groups in total. The Morgan fingerprint density at radius 1 is 1.26 bits per heavy atom. The third-order valence-electron chi connectivity index (χ3n) is 3.10. The van der Waals surface area contributed by atoms with E-state index in [9.17, 15) is 4.79 Å². The van der Waals surface area contributed by atoms with Crippen LogP contribution in [0, 0.1) is 0 Å². The summed E-state index contributed by atoms with van der Waals surface area (Å²) in [6.45, 7) is 4.18. The van der Waals surface area contributed by atoms with Gasteiger partial charge in [-0.05, 0) is 23.6 Å². The minimum absolute atomic E-state index is 0.141. The summed E-state index contributed by atoms with van der Waals surface area (Å²) in [7, 11) is 0. The minimum atomic E-state index is -0.141. The Bertz CT molecular complexity index is 772. The first kappa shape index (κ1) is 11.6. The summed E-state index contributed by atoms with van der Waals surface area (Å²) in [5.41, 5.74) is 1.67. The second-order valence-electron chi connectivity index (χ2n) is 4.74. The van der Waals surface area contributed by atoms with Crippen molar-refractivity contribution in [3.63, 3.8) is 0 Å². The molecule has 5 heteroatoms. The van der Waals surface area contributed by atoms with E-state index >= 15 is 0 Å². The monoisotopic (exact) mass is 254 g/mol. The van der Waals surface area contributed by atoms with Gasteiger partial charge < -0.3 is 0 Å². The van der Waals surface area contributed by atoms with E-state index in [1.165, 1.54) is 0 Å². The molecule has 96 valence electrons. The zero-order valence-corrected chi connectivity index (χ0v) is 10.8. The molecule has 3 aromatic rings. The highest BCUT2D eigenvalue weighted by Gasteiger charge is 2.11. The number of H-pyrrole nitrogens is 1. The largest absolute Gasteiger partial charge is 0.290 e. The predicted octanol–water partition coefficient (Wildman–Crippen LogP) is 2.23. The number of hydrogen-bond donors (Lipinski definition) is 1. The van der Waals surface area contributed by atoms with Crippen LogP contribution in [0.25, 0.3) is 16.9 Å². The molecule has 19 heavy (non-hydrogen) atoms. The molecular weight excluding hydrogens is 240 g/mol. The van der Waals surface area contributed by atoms with E-state index in [0.29, 0.717) is 17.3 Å². The summed E-state index contributed by atoms with van der Waals surface area (Å²) in [5.74, 6) is 0.749. The SMILES string of the molecule is CC(C)c1cccc2c(=O)[nH]c(-n3cccn3)nc12. The van der Waals surface area contributed by atoms with Crippen LogP contribution in [0.2, 0.25) is 0 Å². The van der Waals surface area contributed by atoms with Crippen molar-refractivity contribution >= 4 is 10.9 Å². The van der Waals surface area contributed by atoms with Gasteiger partial charge in [0.15, 0.2) is 0 Å². The maximum atomic E-state index is 12.1. The molecule has 2 aromatic heterocycles. The summed E-state index contributed by atoms with van der Waals surface area (Å²) < 4.78 is 1.55. The Labute approximate surface area is 109 Å². The summed E-state index contributed by atoms with van der Waals surface area (Å²) in [5, 5.41) is 4.71. The lowest BCUT2D eigenvalue weighted by Gasteiger charge is -2.09. The van der Waals surface area contributed by atoms with E-state index in [-0.39, 0.29) is 5.56 Å². The van der Waals surface area contributed by atoms with Crippen molar-refractivity contribution < 1.29 is 0 Å². The van der Waals surface area contributed by atoms with Crippen molar-refractivity contribution in [1.29, 1.82) is 0 Å². The van der Waals surface area contributed by atoms with Gasteiger partial charge in [-0.3, -0.25) is 9.78 Å². The normalized spacial score (nSPS) is 11.3. The number of para-hydroxylation sites is 1. The van der Waals surface area contributed by atoms with Gasteiger partial charge in [0.1, 0.15) is 0 Å². The second kappa shape index (κ2) is 4.35. The zero-order valence-electron chi connectivity index (χ0n) is 10.8. The van der Waals surface area contributed by atoms with Crippen LogP contribution in [0.5, 0.6) is 0 Å². The van der Waals surface area contributed by atoms with Crippen LogP contribution in [-0.2, 0) is 0 Å². The molecule has 0 aliphatic carbocycles. The molecule has 2 heterocycles. The predicted molar refractivity (Wildman–Crippen MR) is 73.6 cm³/mol. The lowest BCUT2D eigenvalue weighted by Crippen LogP contribution is -2.14. The Morgan fingerprint density at radius 2 is 2.11 bits per heavy atom.